The van der Waals surface area contributed by atoms with Crippen molar-refractivity contribution in [1.29, 1.82) is 0 Å². The van der Waals surface area contributed by atoms with Crippen LogP contribution in [-0.2, 0) is 24.3 Å². The van der Waals surface area contributed by atoms with Crippen molar-refractivity contribution in [3.8, 4) is 0 Å². The third-order valence-corrected chi connectivity index (χ3v) is 6.27. The predicted molar refractivity (Wildman–Crippen MR) is 134 cm³/mol. The van der Waals surface area contributed by atoms with Gasteiger partial charge in [-0.05, 0) is 17.5 Å². The maximum absolute atomic E-state index is 13.5. The molecule has 1 aromatic heterocycles. The van der Waals surface area contributed by atoms with Crippen LogP contribution in [0.3, 0.4) is 0 Å². The first kappa shape index (κ1) is 22.8. The molecular formula is C27H33N5O. The number of benzene rings is 2. The number of nitrogens with zero attached hydrogens (tertiary/aromatic N) is 5. The molecule has 33 heavy (non-hydrogen) atoms. The number of hydrogen-bond donors (Lipinski definition) is 0. The molecule has 2 aromatic carbocycles. The molecule has 4 rings (SSSR count). The molecule has 1 aliphatic rings. The largest absolute Gasteiger partial charge is 0.362 e. The Kier molecular flexibility index (Phi) is 6.92. The van der Waals surface area contributed by atoms with Gasteiger partial charge in [-0.3, -0.25) is 4.79 Å². The highest BCUT2D eigenvalue weighted by molar-refractivity contribution is 5.84. The van der Waals surface area contributed by atoms with Gasteiger partial charge in [0, 0.05) is 46.2 Å². The minimum atomic E-state index is -0.118. The second kappa shape index (κ2) is 10.0. The first-order valence-corrected chi connectivity index (χ1v) is 11.6. The first-order valence-electron chi connectivity index (χ1n) is 11.6. The normalized spacial score (nSPS) is 13.9. The zero-order valence-corrected chi connectivity index (χ0v) is 20.0. The predicted octanol–water partition coefficient (Wildman–Crippen LogP) is 4.26. The number of hydrogen-bond acceptors (Lipinski definition) is 5. The standard InChI is InChI=1S/C27H33N5O/c1-5-22(21-14-10-7-11-15-21)26(33)32-17-16-24-23(19-32)25(30(2)3)29-27(28-24)31(4)18-20-12-8-6-9-13-20/h6-15,22H,5,16-19H2,1-4H3. The van der Waals surface area contributed by atoms with Gasteiger partial charge >= 0.3 is 0 Å². The van der Waals surface area contributed by atoms with E-state index in [1.807, 2.05) is 79.5 Å². The van der Waals surface area contributed by atoms with Gasteiger partial charge in [0.1, 0.15) is 5.82 Å². The van der Waals surface area contributed by atoms with Gasteiger partial charge < -0.3 is 14.7 Å². The average molecular weight is 444 g/mol. The van der Waals surface area contributed by atoms with Gasteiger partial charge in [0.05, 0.1) is 18.2 Å². The van der Waals surface area contributed by atoms with Crippen LogP contribution in [0, 0.1) is 0 Å². The van der Waals surface area contributed by atoms with Crippen LogP contribution in [0.15, 0.2) is 60.7 Å². The monoisotopic (exact) mass is 443 g/mol. The van der Waals surface area contributed by atoms with Crippen LogP contribution in [0.1, 0.15) is 41.6 Å². The fraction of sp³-hybridized carbons (Fsp3) is 0.370. The summed E-state index contributed by atoms with van der Waals surface area (Å²) in [4.78, 5) is 29.4. The summed E-state index contributed by atoms with van der Waals surface area (Å²) in [5.74, 6) is 1.68. The molecule has 3 aromatic rings. The maximum atomic E-state index is 13.5. The second-order valence-corrected chi connectivity index (χ2v) is 8.89. The molecule has 0 fully saturated rings. The Morgan fingerprint density at radius 1 is 1.00 bits per heavy atom. The molecule has 1 aliphatic heterocycles. The molecule has 0 aliphatic carbocycles. The highest BCUT2D eigenvalue weighted by Gasteiger charge is 2.30. The lowest BCUT2D eigenvalue weighted by Gasteiger charge is -2.33. The van der Waals surface area contributed by atoms with E-state index in [0.29, 0.717) is 13.1 Å². The van der Waals surface area contributed by atoms with Crippen LogP contribution in [-0.4, -0.2) is 48.5 Å². The molecule has 0 spiro atoms. The minimum Gasteiger partial charge on any atom is -0.362 e. The minimum absolute atomic E-state index is 0.118. The maximum Gasteiger partial charge on any atom is 0.230 e. The van der Waals surface area contributed by atoms with Crippen LogP contribution in [0.4, 0.5) is 11.8 Å². The van der Waals surface area contributed by atoms with Crippen LogP contribution in [0.25, 0.3) is 0 Å². The summed E-state index contributed by atoms with van der Waals surface area (Å²) in [5.41, 5.74) is 4.40. The second-order valence-electron chi connectivity index (χ2n) is 8.89. The summed E-state index contributed by atoms with van der Waals surface area (Å²) in [6, 6.07) is 20.4. The van der Waals surface area contributed by atoms with Crippen molar-refractivity contribution in [2.75, 3.05) is 37.5 Å². The number of amides is 1. The SMILES string of the molecule is CCC(C(=O)N1CCc2nc(N(C)Cc3ccccc3)nc(N(C)C)c2C1)c1ccccc1. The van der Waals surface area contributed by atoms with Crippen molar-refractivity contribution in [2.45, 2.75) is 38.8 Å². The molecule has 0 bridgehead atoms. The quantitative estimate of drug-likeness (QED) is 0.546. The van der Waals surface area contributed by atoms with Crippen molar-refractivity contribution >= 4 is 17.7 Å². The molecule has 0 saturated carbocycles. The van der Waals surface area contributed by atoms with Gasteiger partial charge in [-0.15, -0.1) is 0 Å². The van der Waals surface area contributed by atoms with E-state index in [2.05, 4.69) is 24.0 Å². The topological polar surface area (TPSA) is 52.6 Å². The molecule has 0 radical (unpaired) electrons. The molecule has 2 heterocycles. The number of anilines is 2. The lowest BCUT2D eigenvalue weighted by atomic mass is 9.93. The molecule has 6 nitrogen and oxygen atoms in total. The summed E-state index contributed by atoms with van der Waals surface area (Å²) >= 11 is 0. The van der Waals surface area contributed by atoms with E-state index in [-0.39, 0.29) is 11.8 Å². The van der Waals surface area contributed by atoms with Crippen LogP contribution < -0.4 is 9.80 Å². The van der Waals surface area contributed by atoms with E-state index < -0.39 is 0 Å². The summed E-state index contributed by atoms with van der Waals surface area (Å²) in [7, 11) is 6.03. The van der Waals surface area contributed by atoms with Crippen LogP contribution >= 0.6 is 0 Å². The first-order chi connectivity index (χ1) is 16.0. The van der Waals surface area contributed by atoms with E-state index in [4.69, 9.17) is 9.97 Å². The van der Waals surface area contributed by atoms with Crippen LogP contribution in [0.2, 0.25) is 0 Å². The Labute approximate surface area is 196 Å². The highest BCUT2D eigenvalue weighted by Crippen LogP contribution is 2.31. The van der Waals surface area contributed by atoms with Crippen molar-refractivity contribution < 1.29 is 4.79 Å². The Morgan fingerprint density at radius 2 is 1.67 bits per heavy atom. The van der Waals surface area contributed by atoms with Gasteiger partial charge in [-0.1, -0.05) is 67.6 Å². The fourth-order valence-electron chi connectivity index (χ4n) is 4.50. The molecule has 0 saturated heterocycles. The van der Waals surface area contributed by atoms with Gasteiger partial charge in [0.25, 0.3) is 0 Å². The lowest BCUT2D eigenvalue weighted by molar-refractivity contribution is -0.133. The van der Waals surface area contributed by atoms with Crippen molar-refractivity contribution in [2.24, 2.45) is 0 Å². The van der Waals surface area contributed by atoms with E-state index >= 15 is 0 Å². The van der Waals surface area contributed by atoms with Gasteiger partial charge in [-0.25, -0.2) is 4.98 Å². The van der Waals surface area contributed by atoms with E-state index in [9.17, 15) is 4.79 Å². The third kappa shape index (κ3) is 5.00. The number of carbonyl (C=O) groups is 1. The Balaban J connectivity index is 1.58. The molecular weight excluding hydrogens is 410 g/mol. The van der Waals surface area contributed by atoms with Crippen LogP contribution in [0.5, 0.6) is 0 Å². The van der Waals surface area contributed by atoms with Crippen molar-refractivity contribution in [1.82, 2.24) is 14.9 Å². The Morgan fingerprint density at radius 3 is 2.30 bits per heavy atom. The average Bonchev–Trinajstić information content (AvgIpc) is 2.84. The number of carbonyl (C=O) groups excluding carboxylic acids is 1. The summed E-state index contributed by atoms with van der Waals surface area (Å²) in [5, 5.41) is 0. The van der Waals surface area contributed by atoms with E-state index in [1.165, 1.54) is 5.56 Å². The third-order valence-electron chi connectivity index (χ3n) is 6.27. The summed E-state index contributed by atoms with van der Waals surface area (Å²) < 4.78 is 0. The van der Waals surface area contributed by atoms with Gasteiger partial charge in [-0.2, -0.15) is 4.98 Å². The molecule has 6 heteroatoms. The molecule has 1 atom stereocenters. The highest BCUT2D eigenvalue weighted by atomic mass is 16.2. The molecule has 1 unspecified atom stereocenters. The fourth-order valence-corrected chi connectivity index (χ4v) is 4.50. The Hall–Kier alpha value is -3.41. The summed E-state index contributed by atoms with van der Waals surface area (Å²) in [6.45, 7) is 4.05. The molecule has 0 N–H and O–H groups in total. The molecule has 1 amide bonds. The molecule has 172 valence electrons. The van der Waals surface area contributed by atoms with Crippen molar-refractivity contribution in [3.05, 3.63) is 83.0 Å². The van der Waals surface area contributed by atoms with Gasteiger partial charge in [0.2, 0.25) is 11.9 Å². The summed E-state index contributed by atoms with van der Waals surface area (Å²) in [6.07, 6.45) is 1.52. The Bertz CT molecular complexity index is 1080. The number of rotatable bonds is 7. The van der Waals surface area contributed by atoms with E-state index in [0.717, 1.165) is 48.0 Å². The number of aromatic nitrogens is 2. The zero-order valence-electron chi connectivity index (χ0n) is 20.0. The lowest BCUT2D eigenvalue weighted by Crippen LogP contribution is -2.40. The number of fused-ring (bicyclic) bond motifs is 1. The van der Waals surface area contributed by atoms with E-state index in [1.54, 1.807) is 0 Å². The van der Waals surface area contributed by atoms with Crippen molar-refractivity contribution in [3.63, 3.8) is 0 Å². The van der Waals surface area contributed by atoms with Gasteiger partial charge in [0.15, 0.2) is 0 Å². The zero-order chi connectivity index (χ0) is 23.4. The smallest absolute Gasteiger partial charge is 0.230 e.